The maximum Gasteiger partial charge on any atom is 0.224 e. The van der Waals surface area contributed by atoms with Crippen LogP contribution in [0.2, 0.25) is 0 Å². The maximum atomic E-state index is 14.8. The molecule has 7 nitrogen and oxygen atoms in total. The minimum Gasteiger partial charge on any atom is -0.436 e. The van der Waals surface area contributed by atoms with E-state index in [1.807, 2.05) is 43.3 Å². The van der Waals surface area contributed by atoms with E-state index >= 15 is 0 Å². The van der Waals surface area contributed by atoms with Crippen molar-refractivity contribution in [3.8, 4) is 22.9 Å². The van der Waals surface area contributed by atoms with E-state index in [2.05, 4.69) is 30.5 Å². The van der Waals surface area contributed by atoms with Gasteiger partial charge in [0.15, 0.2) is 17.4 Å². The molecule has 5 rings (SSSR count). The molecule has 0 fully saturated rings. The van der Waals surface area contributed by atoms with Crippen molar-refractivity contribution in [1.29, 1.82) is 0 Å². The van der Waals surface area contributed by atoms with Crippen LogP contribution in [0.3, 0.4) is 0 Å². The molecule has 0 aliphatic heterocycles. The van der Waals surface area contributed by atoms with Crippen molar-refractivity contribution in [2.24, 2.45) is 0 Å². The summed E-state index contributed by atoms with van der Waals surface area (Å²) in [5, 5.41) is 10.8. The second-order valence-electron chi connectivity index (χ2n) is 6.79. The maximum absolute atomic E-state index is 14.8. The Bertz CT molecular complexity index is 1330. The highest BCUT2D eigenvalue weighted by Gasteiger charge is 2.13. The third-order valence-corrected chi connectivity index (χ3v) is 4.61. The van der Waals surface area contributed by atoms with Crippen molar-refractivity contribution in [2.45, 2.75) is 6.92 Å². The van der Waals surface area contributed by atoms with Crippen LogP contribution < -0.4 is 10.1 Å². The Morgan fingerprint density at radius 1 is 0.967 bits per heavy atom. The summed E-state index contributed by atoms with van der Waals surface area (Å²) in [6.07, 6.45) is 1.35. The predicted octanol–water partition coefficient (Wildman–Crippen LogP) is 5.33. The minimum atomic E-state index is -0.440. The lowest BCUT2D eigenvalue weighted by atomic mass is 10.2. The molecule has 0 radical (unpaired) electrons. The molecule has 0 spiro atoms. The molecule has 8 heteroatoms. The number of hydrogen-bond donors (Lipinski definition) is 3. The number of hydrogen-bond acceptors (Lipinski definition) is 5. The van der Waals surface area contributed by atoms with Crippen LogP contribution in [-0.4, -0.2) is 25.1 Å². The Kier molecular flexibility index (Phi) is 4.36. The predicted molar refractivity (Wildman–Crippen MR) is 112 cm³/mol. The lowest BCUT2D eigenvalue weighted by Crippen LogP contribution is -1.97. The van der Waals surface area contributed by atoms with Gasteiger partial charge in [-0.05, 0) is 30.7 Å². The quantitative estimate of drug-likeness (QED) is 0.371. The van der Waals surface area contributed by atoms with Gasteiger partial charge in [-0.25, -0.2) is 14.4 Å². The number of aromatic amines is 2. The summed E-state index contributed by atoms with van der Waals surface area (Å²) in [6, 6.07) is 18.4. The van der Waals surface area contributed by atoms with Gasteiger partial charge in [0.2, 0.25) is 5.88 Å². The molecule has 5 aromatic rings. The number of nitrogens with one attached hydrogen (secondary N) is 3. The molecule has 30 heavy (non-hydrogen) atoms. The van der Waals surface area contributed by atoms with Crippen LogP contribution in [0.5, 0.6) is 11.6 Å². The normalized spacial score (nSPS) is 11.0. The Morgan fingerprint density at radius 2 is 1.83 bits per heavy atom. The van der Waals surface area contributed by atoms with Gasteiger partial charge in [-0.1, -0.05) is 30.3 Å². The molecule has 0 saturated carbocycles. The number of aryl methyl sites for hydroxylation is 1. The fraction of sp³-hybridized carbons (Fsp3) is 0.0455. The largest absolute Gasteiger partial charge is 0.436 e. The van der Waals surface area contributed by atoms with Crippen LogP contribution in [0.15, 0.2) is 67.0 Å². The highest BCUT2D eigenvalue weighted by molar-refractivity contribution is 5.82. The van der Waals surface area contributed by atoms with Gasteiger partial charge in [0.25, 0.3) is 0 Å². The van der Waals surface area contributed by atoms with Crippen LogP contribution >= 0.6 is 0 Å². The zero-order valence-corrected chi connectivity index (χ0v) is 16.0. The van der Waals surface area contributed by atoms with Gasteiger partial charge >= 0.3 is 0 Å². The van der Waals surface area contributed by atoms with Gasteiger partial charge in [0.1, 0.15) is 12.1 Å². The Hall–Kier alpha value is -4.20. The summed E-state index contributed by atoms with van der Waals surface area (Å²) < 4.78 is 20.4. The molecular formula is C22H17FN6O. The number of H-pyrrole nitrogens is 2. The van der Waals surface area contributed by atoms with Crippen LogP contribution in [0.25, 0.3) is 22.2 Å². The average molecular weight is 400 g/mol. The van der Waals surface area contributed by atoms with E-state index in [9.17, 15) is 4.39 Å². The number of benzene rings is 2. The Morgan fingerprint density at radius 3 is 2.70 bits per heavy atom. The molecule has 0 unspecified atom stereocenters. The van der Waals surface area contributed by atoms with Gasteiger partial charge in [-0.2, -0.15) is 5.10 Å². The molecule has 0 atom stereocenters. The summed E-state index contributed by atoms with van der Waals surface area (Å²) in [4.78, 5) is 11.4. The summed E-state index contributed by atoms with van der Waals surface area (Å²) in [5.74, 6) is 0.942. The van der Waals surface area contributed by atoms with Gasteiger partial charge in [-0.3, -0.25) is 5.10 Å². The van der Waals surface area contributed by atoms with E-state index < -0.39 is 5.82 Å². The molecule has 148 valence electrons. The van der Waals surface area contributed by atoms with Crippen molar-refractivity contribution in [1.82, 2.24) is 25.1 Å². The molecule has 0 saturated heterocycles. The SMILES string of the molecule is Cc1cc2c(F)c(Oc3cc(Nc4cc(-c5ccccc5)[nH]n4)ncn3)ccc2[nH]1. The van der Waals surface area contributed by atoms with Crippen molar-refractivity contribution >= 4 is 22.5 Å². The third-order valence-electron chi connectivity index (χ3n) is 4.61. The lowest BCUT2D eigenvalue weighted by Gasteiger charge is -2.08. The van der Waals surface area contributed by atoms with Crippen LogP contribution in [0.1, 0.15) is 5.69 Å². The number of fused-ring (bicyclic) bond motifs is 1. The Labute approximate surface area is 171 Å². The first-order valence-electron chi connectivity index (χ1n) is 9.31. The number of ether oxygens (including phenoxy) is 1. The van der Waals surface area contributed by atoms with E-state index in [1.54, 1.807) is 24.3 Å². The molecule has 0 bridgehead atoms. The molecule has 0 amide bonds. The molecule has 0 aliphatic carbocycles. The first kappa shape index (κ1) is 17.9. The number of halogens is 1. The highest BCUT2D eigenvalue weighted by Crippen LogP contribution is 2.30. The van der Waals surface area contributed by atoms with E-state index in [4.69, 9.17) is 4.74 Å². The van der Waals surface area contributed by atoms with E-state index in [0.717, 1.165) is 22.5 Å². The first-order chi connectivity index (χ1) is 14.7. The smallest absolute Gasteiger partial charge is 0.224 e. The van der Waals surface area contributed by atoms with E-state index in [1.165, 1.54) is 6.33 Å². The summed E-state index contributed by atoms with van der Waals surface area (Å²) in [5.41, 5.74) is 3.50. The monoisotopic (exact) mass is 400 g/mol. The second-order valence-corrected chi connectivity index (χ2v) is 6.79. The number of anilines is 2. The van der Waals surface area contributed by atoms with Crippen LogP contribution in [0, 0.1) is 12.7 Å². The summed E-state index contributed by atoms with van der Waals surface area (Å²) >= 11 is 0. The van der Waals surface area contributed by atoms with Crippen molar-refractivity contribution < 1.29 is 9.13 Å². The van der Waals surface area contributed by atoms with Gasteiger partial charge in [0, 0.05) is 28.7 Å². The number of rotatable bonds is 5. The van der Waals surface area contributed by atoms with Crippen molar-refractivity contribution in [2.75, 3.05) is 5.32 Å². The van der Waals surface area contributed by atoms with Crippen LogP contribution in [0.4, 0.5) is 16.0 Å². The fourth-order valence-corrected chi connectivity index (χ4v) is 3.23. The topological polar surface area (TPSA) is 91.5 Å². The number of aromatic nitrogens is 5. The molecule has 2 aromatic carbocycles. The number of nitrogens with zero attached hydrogens (tertiary/aromatic N) is 3. The summed E-state index contributed by atoms with van der Waals surface area (Å²) in [6.45, 7) is 1.88. The summed E-state index contributed by atoms with van der Waals surface area (Å²) in [7, 11) is 0. The van der Waals surface area contributed by atoms with Gasteiger partial charge in [-0.15, -0.1) is 0 Å². The molecule has 3 aromatic heterocycles. The molecule has 0 aliphatic rings. The van der Waals surface area contributed by atoms with E-state index in [-0.39, 0.29) is 11.6 Å². The van der Waals surface area contributed by atoms with Crippen LogP contribution in [-0.2, 0) is 0 Å². The van der Waals surface area contributed by atoms with Crippen molar-refractivity contribution in [3.63, 3.8) is 0 Å². The van der Waals surface area contributed by atoms with Gasteiger partial charge < -0.3 is 15.0 Å². The second kappa shape index (κ2) is 7.32. The van der Waals surface area contributed by atoms with E-state index in [0.29, 0.717) is 17.0 Å². The zero-order valence-electron chi connectivity index (χ0n) is 16.0. The first-order valence-corrected chi connectivity index (χ1v) is 9.31. The molecule has 3 N–H and O–H groups in total. The third kappa shape index (κ3) is 3.46. The fourth-order valence-electron chi connectivity index (χ4n) is 3.23. The zero-order chi connectivity index (χ0) is 20.5. The lowest BCUT2D eigenvalue weighted by molar-refractivity contribution is 0.430. The molecular weight excluding hydrogens is 383 g/mol. The Balaban J connectivity index is 1.36. The van der Waals surface area contributed by atoms with Crippen molar-refractivity contribution in [3.05, 3.63) is 78.5 Å². The van der Waals surface area contributed by atoms with Gasteiger partial charge in [0.05, 0.1) is 5.69 Å². The average Bonchev–Trinajstić information content (AvgIpc) is 3.38. The minimum absolute atomic E-state index is 0.0947. The molecule has 3 heterocycles. The standard InChI is InChI=1S/C22H17FN6O/c1-13-9-15-16(26-13)7-8-18(22(15)23)30-21-11-19(24-12-25-21)27-20-10-17(28-29-20)14-5-3-2-4-6-14/h2-12,26H,1H3,(H2,24,25,27,28,29). The highest BCUT2D eigenvalue weighted by atomic mass is 19.1.